The Morgan fingerprint density at radius 3 is 2.59 bits per heavy atom. The molecule has 1 saturated carbocycles. The number of halogens is 1. The van der Waals surface area contributed by atoms with Gasteiger partial charge in [-0.1, -0.05) is 18.9 Å². The maximum absolute atomic E-state index is 12.7. The summed E-state index contributed by atoms with van der Waals surface area (Å²) in [5.41, 5.74) is 1.03. The molecule has 1 aliphatic heterocycles. The molecule has 1 aliphatic carbocycles. The minimum atomic E-state index is -0.0678. The molecule has 2 N–H and O–H groups in total. The number of carbonyl (C=O) groups is 1. The molecule has 0 spiro atoms. The van der Waals surface area contributed by atoms with Gasteiger partial charge in [-0.05, 0) is 63.6 Å². The second-order valence-corrected chi connectivity index (χ2v) is 7.41. The van der Waals surface area contributed by atoms with Crippen LogP contribution in [0.5, 0.6) is 11.5 Å². The lowest BCUT2D eigenvalue weighted by molar-refractivity contribution is -0.123. The van der Waals surface area contributed by atoms with E-state index < -0.39 is 0 Å². The predicted molar refractivity (Wildman–Crippen MR) is 110 cm³/mol. The summed E-state index contributed by atoms with van der Waals surface area (Å²) < 4.78 is 11.3. The molecule has 6 heteroatoms. The molecular weight excluding hydrogens is 364 g/mol. The number of rotatable bonds is 7. The van der Waals surface area contributed by atoms with E-state index in [1.54, 1.807) is 0 Å². The zero-order chi connectivity index (χ0) is 18.5. The predicted octanol–water partition coefficient (Wildman–Crippen LogP) is 4.00. The highest BCUT2D eigenvalue weighted by molar-refractivity contribution is 5.85. The van der Waals surface area contributed by atoms with Crippen LogP contribution in [0.15, 0.2) is 18.2 Å². The summed E-state index contributed by atoms with van der Waals surface area (Å²) in [6, 6.07) is 6.31. The van der Waals surface area contributed by atoms with Crippen LogP contribution >= 0.6 is 12.4 Å². The molecule has 1 aromatic rings. The summed E-state index contributed by atoms with van der Waals surface area (Å²) >= 11 is 0. The van der Waals surface area contributed by atoms with Crippen molar-refractivity contribution in [1.29, 1.82) is 0 Å². The molecule has 0 aromatic heterocycles. The molecule has 0 bridgehead atoms. The standard InChI is InChI=1S/C21H32N2O3.ClH/c1-4-25-19-11-10-15(13-20(19)26-5-2)14(3)22-21(24)18-12-16-8-6-7-9-17(16)23-18;/h10-11,13-14,16-18,23H,4-9,12H2,1-3H3,(H,22,24);1H. The van der Waals surface area contributed by atoms with Gasteiger partial charge in [0.15, 0.2) is 11.5 Å². The van der Waals surface area contributed by atoms with Gasteiger partial charge in [0.1, 0.15) is 0 Å². The number of carbonyl (C=O) groups excluding carboxylic acids is 1. The van der Waals surface area contributed by atoms with E-state index >= 15 is 0 Å². The van der Waals surface area contributed by atoms with E-state index in [0.717, 1.165) is 23.5 Å². The van der Waals surface area contributed by atoms with Gasteiger partial charge < -0.3 is 20.1 Å². The van der Waals surface area contributed by atoms with E-state index in [1.807, 2.05) is 39.0 Å². The van der Waals surface area contributed by atoms with Crippen LogP contribution in [0.1, 0.15) is 64.5 Å². The first-order valence-electron chi connectivity index (χ1n) is 10.1. The van der Waals surface area contributed by atoms with Crippen molar-refractivity contribution < 1.29 is 14.3 Å². The molecule has 4 atom stereocenters. The number of benzene rings is 1. The van der Waals surface area contributed by atoms with E-state index in [-0.39, 0.29) is 30.4 Å². The van der Waals surface area contributed by atoms with Crippen molar-refractivity contribution in [1.82, 2.24) is 10.6 Å². The van der Waals surface area contributed by atoms with Crippen LogP contribution in [0, 0.1) is 5.92 Å². The maximum Gasteiger partial charge on any atom is 0.237 e. The largest absolute Gasteiger partial charge is 0.490 e. The van der Waals surface area contributed by atoms with Crippen molar-refractivity contribution >= 4 is 18.3 Å². The van der Waals surface area contributed by atoms with E-state index in [9.17, 15) is 4.79 Å². The van der Waals surface area contributed by atoms with Gasteiger partial charge in [-0.15, -0.1) is 12.4 Å². The second-order valence-electron chi connectivity index (χ2n) is 7.41. The Labute approximate surface area is 169 Å². The molecule has 5 nitrogen and oxygen atoms in total. The minimum absolute atomic E-state index is 0. The second kappa shape index (κ2) is 10.2. The third kappa shape index (κ3) is 5.29. The summed E-state index contributed by atoms with van der Waals surface area (Å²) in [6.45, 7) is 7.11. The Morgan fingerprint density at radius 1 is 1.19 bits per heavy atom. The third-order valence-electron chi connectivity index (χ3n) is 5.61. The minimum Gasteiger partial charge on any atom is -0.490 e. The highest BCUT2D eigenvalue weighted by atomic mass is 35.5. The molecule has 3 rings (SSSR count). The van der Waals surface area contributed by atoms with Gasteiger partial charge in [-0.2, -0.15) is 0 Å². The average molecular weight is 397 g/mol. The molecule has 1 amide bonds. The first kappa shape index (κ1) is 21.8. The van der Waals surface area contributed by atoms with Gasteiger partial charge in [0.2, 0.25) is 5.91 Å². The number of ether oxygens (including phenoxy) is 2. The van der Waals surface area contributed by atoms with Crippen molar-refractivity contribution in [2.45, 2.75) is 71.0 Å². The van der Waals surface area contributed by atoms with Crippen LogP contribution in [0.2, 0.25) is 0 Å². The van der Waals surface area contributed by atoms with Crippen molar-refractivity contribution in [2.75, 3.05) is 13.2 Å². The Kier molecular flexibility index (Phi) is 8.24. The summed E-state index contributed by atoms with van der Waals surface area (Å²) in [7, 11) is 0. The van der Waals surface area contributed by atoms with Crippen LogP contribution in [0.4, 0.5) is 0 Å². The number of nitrogens with one attached hydrogen (secondary N) is 2. The maximum atomic E-state index is 12.7. The first-order chi connectivity index (χ1) is 12.6. The lowest BCUT2D eigenvalue weighted by Gasteiger charge is -2.24. The Morgan fingerprint density at radius 2 is 1.89 bits per heavy atom. The van der Waals surface area contributed by atoms with Crippen LogP contribution in [0.3, 0.4) is 0 Å². The number of hydrogen-bond acceptors (Lipinski definition) is 4. The van der Waals surface area contributed by atoms with Gasteiger partial charge in [-0.3, -0.25) is 4.79 Å². The average Bonchev–Trinajstić information content (AvgIpc) is 3.08. The molecule has 1 heterocycles. The van der Waals surface area contributed by atoms with E-state index in [4.69, 9.17) is 9.47 Å². The third-order valence-corrected chi connectivity index (χ3v) is 5.61. The number of fused-ring (bicyclic) bond motifs is 1. The number of hydrogen-bond donors (Lipinski definition) is 2. The first-order valence-corrected chi connectivity index (χ1v) is 10.1. The van der Waals surface area contributed by atoms with Crippen LogP contribution in [0.25, 0.3) is 0 Å². The lowest BCUT2D eigenvalue weighted by atomic mass is 9.85. The summed E-state index contributed by atoms with van der Waals surface area (Å²) in [4.78, 5) is 12.7. The molecule has 152 valence electrons. The van der Waals surface area contributed by atoms with Gasteiger partial charge in [0, 0.05) is 6.04 Å². The molecule has 4 unspecified atom stereocenters. The van der Waals surface area contributed by atoms with Crippen LogP contribution in [-0.4, -0.2) is 31.2 Å². The molecule has 2 aliphatic rings. The molecule has 27 heavy (non-hydrogen) atoms. The smallest absolute Gasteiger partial charge is 0.237 e. The van der Waals surface area contributed by atoms with Gasteiger partial charge >= 0.3 is 0 Å². The highest BCUT2D eigenvalue weighted by Gasteiger charge is 2.38. The monoisotopic (exact) mass is 396 g/mol. The normalized spacial score (nSPS) is 25.1. The van der Waals surface area contributed by atoms with Crippen LogP contribution < -0.4 is 20.1 Å². The summed E-state index contributed by atoms with van der Waals surface area (Å²) in [5, 5.41) is 6.72. The summed E-state index contributed by atoms with van der Waals surface area (Å²) in [5.74, 6) is 2.26. The summed E-state index contributed by atoms with van der Waals surface area (Å²) in [6.07, 6.45) is 6.02. The lowest BCUT2D eigenvalue weighted by Crippen LogP contribution is -2.43. The SMILES string of the molecule is CCOc1ccc(C(C)NC(=O)C2CC3CCCCC3N2)cc1OCC.Cl. The molecular formula is C21H33ClN2O3. The molecule has 2 fully saturated rings. The fraction of sp³-hybridized carbons (Fsp3) is 0.667. The van der Waals surface area contributed by atoms with Crippen molar-refractivity contribution in [3.8, 4) is 11.5 Å². The van der Waals surface area contributed by atoms with Crippen molar-refractivity contribution in [3.05, 3.63) is 23.8 Å². The molecule has 0 radical (unpaired) electrons. The van der Waals surface area contributed by atoms with Gasteiger partial charge in [0.25, 0.3) is 0 Å². The highest BCUT2D eigenvalue weighted by Crippen LogP contribution is 2.34. The fourth-order valence-electron chi connectivity index (χ4n) is 4.26. The Hall–Kier alpha value is -1.46. The van der Waals surface area contributed by atoms with Crippen molar-refractivity contribution in [3.63, 3.8) is 0 Å². The Balaban J connectivity index is 0.00000261. The van der Waals surface area contributed by atoms with Crippen molar-refractivity contribution in [2.24, 2.45) is 5.92 Å². The Bertz CT molecular complexity index is 611. The van der Waals surface area contributed by atoms with E-state index in [0.29, 0.717) is 25.2 Å². The van der Waals surface area contributed by atoms with E-state index in [2.05, 4.69) is 10.6 Å². The zero-order valence-electron chi connectivity index (χ0n) is 16.6. The number of amides is 1. The fourth-order valence-corrected chi connectivity index (χ4v) is 4.26. The van der Waals surface area contributed by atoms with Gasteiger partial charge in [-0.25, -0.2) is 0 Å². The van der Waals surface area contributed by atoms with Gasteiger partial charge in [0.05, 0.1) is 25.3 Å². The quantitative estimate of drug-likeness (QED) is 0.731. The molecule has 1 aromatic carbocycles. The topological polar surface area (TPSA) is 59.6 Å². The van der Waals surface area contributed by atoms with E-state index in [1.165, 1.54) is 25.7 Å². The molecule has 1 saturated heterocycles. The van der Waals surface area contributed by atoms with Crippen LogP contribution in [-0.2, 0) is 4.79 Å². The zero-order valence-corrected chi connectivity index (χ0v) is 17.4.